The van der Waals surface area contributed by atoms with Gasteiger partial charge in [-0.1, -0.05) is 17.7 Å². The summed E-state index contributed by atoms with van der Waals surface area (Å²) in [6.07, 6.45) is 3.24. The van der Waals surface area contributed by atoms with Crippen LogP contribution in [-0.2, 0) is 0 Å². The smallest absolute Gasteiger partial charge is 0.258 e. The molecule has 4 rings (SSSR count). The quantitative estimate of drug-likeness (QED) is 0.708. The standard InChI is InChI=1S/C19H16ClN3O3/c1-22(15-5-6-17-18(10-15)26-8-7-25-17)19(24)13-3-2-4-16(9-13)23-12-14(20)11-21-23/h2-6,9-12H,7-8H2,1H3. The summed E-state index contributed by atoms with van der Waals surface area (Å²) in [5.74, 6) is 1.20. The van der Waals surface area contributed by atoms with Gasteiger partial charge in [0.1, 0.15) is 13.2 Å². The minimum Gasteiger partial charge on any atom is -0.486 e. The van der Waals surface area contributed by atoms with Gasteiger partial charge in [-0.05, 0) is 30.3 Å². The zero-order chi connectivity index (χ0) is 18.1. The summed E-state index contributed by atoms with van der Waals surface area (Å²) in [4.78, 5) is 14.5. The number of aromatic nitrogens is 2. The summed E-state index contributed by atoms with van der Waals surface area (Å²) in [5.41, 5.74) is 2.04. The third-order valence-electron chi connectivity index (χ3n) is 4.13. The van der Waals surface area contributed by atoms with Crippen molar-refractivity contribution >= 4 is 23.2 Å². The Hall–Kier alpha value is -2.99. The van der Waals surface area contributed by atoms with Gasteiger partial charge in [-0.15, -0.1) is 0 Å². The van der Waals surface area contributed by atoms with E-state index in [4.69, 9.17) is 21.1 Å². The van der Waals surface area contributed by atoms with Crippen LogP contribution in [0.1, 0.15) is 10.4 Å². The summed E-state index contributed by atoms with van der Waals surface area (Å²) in [6, 6.07) is 12.7. The monoisotopic (exact) mass is 369 g/mol. The number of fused-ring (bicyclic) bond motifs is 1. The van der Waals surface area contributed by atoms with Crippen molar-refractivity contribution < 1.29 is 14.3 Å². The first kappa shape index (κ1) is 16.5. The van der Waals surface area contributed by atoms with Gasteiger partial charge in [0, 0.05) is 30.6 Å². The second kappa shape index (κ2) is 6.72. The van der Waals surface area contributed by atoms with Crippen LogP contribution in [0.5, 0.6) is 11.5 Å². The first-order chi connectivity index (χ1) is 12.6. The lowest BCUT2D eigenvalue weighted by atomic mass is 10.1. The van der Waals surface area contributed by atoms with Crippen molar-refractivity contribution in [3.8, 4) is 17.2 Å². The van der Waals surface area contributed by atoms with Crippen LogP contribution >= 0.6 is 11.6 Å². The van der Waals surface area contributed by atoms with Gasteiger partial charge in [-0.25, -0.2) is 4.68 Å². The second-order valence-corrected chi connectivity index (χ2v) is 6.28. The second-order valence-electron chi connectivity index (χ2n) is 5.85. The van der Waals surface area contributed by atoms with E-state index in [0.717, 1.165) is 11.4 Å². The van der Waals surface area contributed by atoms with Crippen molar-refractivity contribution in [1.82, 2.24) is 9.78 Å². The molecule has 0 atom stereocenters. The number of ether oxygens (including phenoxy) is 2. The number of hydrogen-bond acceptors (Lipinski definition) is 4. The van der Waals surface area contributed by atoms with Gasteiger partial charge >= 0.3 is 0 Å². The number of nitrogens with zero attached hydrogens (tertiary/aromatic N) is 3. The molecule has 0 unspecified atom stereocenters. The predicted octanol–water partition coefficient (Wildman–Crippen LogP) is 3.57. The lowest BCUT2D eigenvalue weighted by Gasteiger charge is -2.22. The van der Waals surface area contributed by atoms with Crippen LogP contribution in [0.2, 0.25) is 5.02 Å². The predicted molar refractivity (Wildman–Crippen MR) is 98.7 cm³/mol. The van der Waals surface area contributed by atoms with Crippen LogP contribution in [0.15, 0.2) is 54.9 Å². The number of carbonyl (C=O) groups excluding carboxylic acids is 1. The molecule has 2 heterocycles. The van der Waals surface area contributed by atoms with Crippen LogP contribution in [0, 0.1) is 0 Å². The van der Waals surface area contributed by atoms with Crippen LogP contribution < -0.4 is 14.4 Å². The Morgan fingerprint density at radius 3 is 2.73 bits per heavy atom. The number of anilines is 1. The number of rotatable bonds is 3. The third kappa shape index (κ3) is 3.11. The van der Waals surface area contributed by atoms with Gasteiger partial charge in [0.2, 0.25) is 0 Å². The van der Waals surface area contributed by atoms with Gasteiger partial charge in [0.05, 0.1) is 16.9 Å². The number of halogens is 1. The molecule has 2 aromatic carbocycles. The molecule has 0 spiro atoms. The Bertz CT molecular complexity index is 970. The van der Waals surface area contributed by atoms with Gasteiger partial charge in [0.25, 0.3) is 5.91 Å². The van der Waals surface area contributed by atoms with Crippen molar-refractivity contribution in [2.45, 2.75) is 0 Å². The van der Waals surface area contributed by atoms with E-state index in [0.29, 0.717) is 35.3 Å². The molecule has 0 aliphatic carbocycles. The molecule has 0 saturated carbocycles. The van der Waals surface area contributed by atoms with Crippen LogP contribution in [0.4, 0.5) is 5.69 Å². The van der Waals surface area contributed by atoms with Crippen LogP contribution in [-0.4, -0.2) is 35.9 Å². The van der Waals surface area contributed by atoms with Gasteiger partial charge < -0.3 is 14.4 Å². The molecule has 1 aromatic heterocycles. The normalized spacial score (nSPS) is 12.7. The molecule has 6 nitrogen and oxygen atoms in total. The fourth-order valence-electron chi connectivity index (χ4n) is 2.78. The van der Waals surface area contributed by atoms with Crippen molar-refractivity contribution in [2.75, 3.05) is 25.2 Å². The first-order valence-electron chi connectivity index (χ1n) is 8.10. The third-order valence-corrected chi connectivity index (χ3v) is 4.32. The van der Waals surface area contributed by atoms with E-state index in [2.05, 4.69) is 5.10 Å². The SMILES string of the molecule is CN(C(=O)c1cccc(-n2cc(Cl)cn2)c1)c1ccc2c(c1)OCCO2. The number of hydrogen-bond donors (Lipinski definition) is 0. The lowest BCUT2D eigenvalue weighted by Crippen LogP contribution is -2.26. The summed E-state index contributed by atoms with van der Waals surface area (Å²) in [5, 5.41) is 4.70. The average Bonchev–Trinajstić information content (AvgIpc) is 3.13. The van der Waals surface area contributed by atoms with Gasteiger partial charge in [-0.3, -0.25) is 4.79 Å². The Kier molecular flexibility index (Phi) is 4.26. The summed E-state index contributed by atoms with van der Waals surface area (Å²) >= 11 is 5.92. The molecule has 1 aliphatic heterocycles. The minimum atomic E-state index is -0.137. The van der Waals surface area contributed by atoms with Crippen molar-refractivity contribution in [2.24, 2.45) is 0 Å². The Balaban J connectivity index is 1.61. The summed E-state index contributed by atoms with van der Waals surface area (Å²) in [7, 11) is 1.73. The summed E-state index contributed by atoms with van der Waals surface area (Å²) < 4.78 is 12.7. The molecule has 132 valence electrons. The molecule has 0 saturated heterocycles. The number of amides is 1. The molecule has 7 heteroatoms. The van der Waals surface area contributed by atoms with Gasteiger partial charge in [0.15, 0.2) is 11.5 Å². The molecule has 0 bridgehead atoms. The zero-order valence-electron chi connectivity index (χ0n) is 14.1. The van der Waals surface area contributed by atoms with Gasteiger partial charge in [-0.2, -0.15) is 5.10 Å². The largest absolute Gasteiger partial charge is 0.486 e. The highest BCUT2D eigenvalue weighted by Gasteiger charge is 2.18. The Labute approximate surface area is 155 Å². The fraction of sp³-hybridized carbons (Fsp3) is 0.158. The van der Waals surface area contributed by atoms with Crippen molar-refractivity contribution in [3.05, 3.63) is 65.4 Å². The van der Waals surface area contributed by atoms with Crippen molar-refractivity contribution in [3.63, 3.8) is 0 Å². The maximum Gasteiger partial charge on any atom is 0.258 e. The van der Waals surface area contributed by atoms with E-state index in [1.54, 1.807) is 41.2 Å². The molecule has 1 aliphatic rings. The Morgan fingerprint density at radius 2 is 1.96 bits per heavy atom. The highest BCUT2D eigenvalue weighted by Crippen LogP contribution is 2.34. The maximum absolute atomic E-state index is 12.9. The first-order valence-corrected chi connectivity index (χ1v) is 8.48. The molecule has 26 heavy (non-hydrogen) atoms. The highest BCUT2D eigenvalue weighted by molar-refractivity contribution is 6.30. The zero-order valence-corrected chi connectivity index (χ0v) is 14.8. The van der Waals surface area contributed by atoms with Crippen molar-refractivity contribution in [1.29, 1.82) is 0 Å². The van der Waals surface area contributed by atoms with E-state index in [1.807, 2.05) is 30.3 Å². The number of benzene rings is 2. The maximum atomic E-state index is 12.9. The van der Waals surface area contributed by atoms with E-state index in [9.17, 15) is 4.79 Å². The molecular formula is C19H16ClN3O3. The minimum absolute atomic E-state index is 0.137. The molecule has 0 radical (unpaired) electrons. The van der Waals surface area contributed by atoms with E-state index in [-0.39, 0.29) is 5.91 Å². The highest BCUT2D eigenvalue weighted by atomic mass is 35.5. The molecular weight excluding hydrogens is 354 g/mol. The number of carbonyl (C=O) groups is 1. The molecule has 3 aromatic rings. The molecule has 0 N–H and O–H groups in total. The fourth-order valence-corrected chi connectivity index (χ4v) is 2.91. The lowest BCUT2D eigenvalue weighted by molar-refractivity contribution is 0.0993. The van der Waals surface area contributed by atoms with E-state index in [1.165, 1.54) is 0 Å². The Morgan fingerprint density at radius 1 is 1.15 bits per heavy atom. The molecule has 1 amide bonds. The van der Waals surface area contributed by atoms with Crippen LogP contribution in [0.25, 0.3) is 5.69 Å². The summed E-state index contributed by atoms with van der Waals surface area (Å²) in [6.45, 7) is 1.04. The topological polar surface area (TPSA) is 56.6 Å². The van der Waals surface area contributed by atoms with E-state index >= 15 is 0 Å². The van der Waals surface area contributed by atoms with E-state index < -0.39 is 0 Å². The molecule has 0 fully saturated rings. The van der Waals surface area contributed by atoms with Crippen LogP contribution in [0.3, 0.4) is 0 Å². The average molecular weight is 370 g/mol.